The highest BCUT2D eigenvalue weighted by Gasteiger charge is 0.652. The Morgan fingerprint density at radius 2 is 0.167 bits per heavy atom. The molecule has 0 radical (unpaired) electrons. The maximum atomic E-state index is 8.00. The van der Waals surface area contributed by atoms with Crippen LogP contribution in [0.5, 0.6) is 0 Å². The van der Waals surface area contributed by atoms with Gasteiger partial charge in [-0.3, -0.25) is 0 Å². The molecule has 0 aliphatic carbocycles. The average molecular weight is 270 g/mol. The Morgan fingerprint density at radius 1 is 0.167 bits per heavy atom. The standard InChI is InChI=1S/9CH2O/c9*1-2/h9*1H2. The molecule has 9 heteroatoms. The van der Waals surface area contributed by atoms with E-state index in [0.29, 0.717) is 0 Å². The largest absolute Gasteiger partial charge is 0.307 e. The number of carbonyl (C=O) groups excluding carboxylic acids is 9. The van der Waals surface area contributed by atoms with Crippen LogP contribution in [0.25, 0.3) is 0 Å². The second kappa shape index (κ2) is 270. The first-order chi connectivity index (χ1) is 9.00. The van der Waals surface area contributed by atoms with Crippen molar-refractivity contribution in [3.05, 3.63) is 0 Å². The fourth-order valence-corrected chi connectivity index (χ4v) is 0. The first-order valence-corrected chi connectivity index (χ1v) is 2.60. The third kappa shape index (κ3) is 214. The van der Waals surface area contributed by atoms with Crippen LogP contribution in [0.3, 0.4) is 0 Å². The second-order valence-corrected chi connectivity index (χ2v) is 0. The topological polar surface area (TPSA) is 154 Å². The average Bonchev–Trinajstić information content (AvgIpc) is 2.63. The van der Waals surface area contributed by atoms with E-state index in [9.17, 15) is 0 Å². The van der Waals surface area contributed by atoms with Crippen LogP contribution in [0.4, 0.5) is 0 Å². The molecule has 0 heterocycles. The van der Waals surface area contributed by atoms with Crippen LogP contribution in [-0.2, 0) is 43.2 Å². The van der Waals surface area contributed by atoms with E-state index in [2.05, 4.69) is 0 Å². The Balaban J connectivity index is -0.00000000723. The summed E-state index contributed by atoms with van der Waals surface area (Å²) >= 11 is 0. The lowest BCUT2D eigenvalue weighted by Gasteiger charge is -0.837. The molecule has 0 spiro atoms. The first kappa shape index (κ1) is 81.4. The number of carbonyl (C=O) groups is 9. The summed E-state index contributed by atoms with van der Waals surface area (Å²) in [6.07, 6.45) is 0. The van der Waals surface area contributed by atoms with Gasteiger partial charge in [-0.05, 0) is 0 Å². The van der Waals surface area contributed by atoms with E-state index in [-0.39, 0.29) is 0 Å². The van der Waals surface area contributed by atoms with Gasteiger partial charge in [-0.2, -0.15) is 0 Å². The van der Waals surface area contributed by atoms with Gasteiger partial charge in [0.25, 0.3) is 0 Å². The van der Waals surface area contributed by atoms with E-state index in [1.807, 2.05) is 61.1 Å². The fraction of sp³-hybridized carbons (Fsp3) is 0. The van der Waals surface area contributed by atoms with Crippen molar-refractivity contribution >= 4 is 61.1 Å². The van der Waals surface area contributed by atoms with Gasteiger partial charge in [0, 0.05) is 0 Å². The van der Waals surface area contributed by atoms with E-state index in [1.54, 1.807) is 0 Å². The molecule has 0 aromatic carbocycles. The zero-order valence-electron chi connectivity index (χ0n) is 10.0. The lowest BCUT2D eigenvalue weighted by Crippen LogP contribution is -0.925. The molecule has 0 N–H and O–H groups in total. The maximum absolute atomic E-state index is 8.00. The summed E-state index contributed by atoms with van der Waals surface area (Å²) in [4.78, 5) is 72.0. The van der Waals surface area contributed by atoms with Crippen LogP contribution in [-0.4, -0.2) is 61.1 Å². The molecular weight excluding hydrogens is 252 g/mol. The van der Waals surface area contributed by atoms with Gasteiger partial charge in [0.2, 0.25) is 0 Å². The van der Waals surface area contributed by atoms with Crippen LogP contribution in [0, 0.1) is 0 Å². The highest BCUT2D eigenvalue weighted by atomic mass is 16.1. The van der Waals surface area contributed by atoms with Crippen LogP contribution in [0.2, 0.25) is 0 Å². The second-order valence-electron chi connectivity index (χ2n) is 0. The number of hydrogen-bond donors (Lipinski definition) is 0. The van der Waals surface area contributed by atoms with E-state index >= 15 is 0 Å². The molecule has 0 aromatic heterocycles. The zero-order valence-corrected chi connectivity index (χ0v) is 10.0. The molecule has 18 heavy (non-hydrogen) atoms. The molecule has 0 amide bonds. The molecule has 108 valence electrons. The lowest BCUT2D eigenvalue weighted by molar-refractivity contribution is -0.0987. The molecule has 0 bridgehead atoms. The van der Waals surface area contributed by atoms with E-state index in [0.717, 1.165) is 0 Å². The molecule has 0 atom stereocenters. The summed E-state index contributed by atoms with van der Waals surface area (Å²) in [5.41, 5.74) is 0. The Kier molecular flexibility index (Phi) is 1220. The van der Waals surface area contributed by atoms with E-state index < -0.39 is 0 Å². The predicted octanol–water partition coefficient (Wildman–Crippen LogP) is -1.66. The van der Waals surface area contributed by atoms with E-state index in [4.69, 9.17) is 43.2 Å². The highest BCUT2D eigenvalue weighted by Crippen LogP contribution is 0.510. The predicted molar refractivity (Wildman–Crippen MR) is 64.1 cm³/mol. The van der Waals surface area contributed by atoms with Crippen LogP contribution in [0.15, 0.2) is 0 Å². The SMILES string of the molecule is C=O.C=O.C=O.C=O.C=O.C=O.C=O.C=O.C=O. The summed E-state index contributed by atoms with van der Waals surface area (Å²) in [6, 6.07) is 0. The summed E-state index contributed by atoms with van der Waals surface area (Å²) < 4.78 is 0. The quantitative estimate of drug-likeness (QED) is 0.502. The Bertz CT molecular complexity index is 46.5. The molecule has 0 aliphatic heterocycles. The molecule has 0 aromatic rings. The van der Waals surface area contributed by atoms with Gasteiger partial charge in [0.1, 0.15) is 61.1 Å². The van der Waals surface area contributed by atoms with Crippen LogP contribution in [0.1, 0.15) is 0 Å². The minimum atomic E-state index is 2.00. The van der Waals surface area contributed by atoms with Gasteiger partial charge >= 0.3 is 0 Å². The van der Waals surface area contributed by atoms with E-state index in [1.165, 1.54) is 0 Å². The maximum Gasteiger partial charge on any atom is 0.106 e. The third-order valence-corrected chi connectivity index (χ3v) is 0. The molecule has 0 unspecified atom stereocenters. The summed E-state index contributed by atoms with van der Waals surface area (Å²) in [5.74, 6) is 0. The minimum absolute atomic E-state index is 2.00. The molecule has 0 aliphatic rings. The van der Waals surface area contributed by atoms with Crippen molar-refractivity contribution in [3.63, 3.8) is 0 Å². The van der Waals surface area contributed by atoms with Gasteiger partial charge in [0.15, 0.2) is 0 Å². The zero-order chi connectivity index (χ0) is 18.0. The third-order valence-electron chi connectivity index (χ3n) is 0. The molecule has 0 rings (SSSR count). The smallest absolute Gasteiger partial charge is 0.106 e. The highest BCUT2D eigenvalue weighted by molar-refractivity contribution is 5.12. The van der Waals surface area contributed by atoms with Gasteiger partial charge in [-0.25, -0.2) is 0 Å². The fourth-order valence-electron chi connectivity index (χ4n) is 0. The normalized spacial score (nSPS) is 2.00. The Hall–Kier alpha value is -2.97. The van der Waals surface area contributed by atoms with Crippen molar-refractivity contribution in [1.29, 1.82) is 0 Å². The van der Waals surface area contributed by atoms with Gasteiger partial charge in [-0.15, -0.1) is 0 Å². The molecular formula is C9H18O9. The molecule has 9 nitrogen and oxygen atoms in total. The van der Waals surface area contributed by atoms with Gasteiger partial charge in [0.05, 0.1) is 0 Å². The summed E-state index contributed by atoms with van der Waals surface area (Å²) in [7, 11) is 0. The monoisotopic (exact) mass is 270 g/mol. The van der Waals surface area contributed by atoms with Crippen molar-refractivity contribution < 1.29 is 43.2 Å². The minimum Gasteiger partial charge on any atom is -0.307 e. The lowest BCUT2D eigenvalue weighted by atomic mass is 11.9. The molecule has 0 saturated heterocycles. The summed E-state index contributed by atoms with van der Waals surface area (Å²) in [5, 5.41) is 0. The summed E-state index contributed by atoms with van der Waals surface area (Å²) in [6.45, 7) is 18.0. The first-order valence-electron chi connectivity index (χ1n) is 2.60. The Morgan fingerprint density at radius 3 is 0.167 bits per heavy atom. The van der Waals surface area contributed by atoms with Crippen molar-refractivity contribution in [2.75, 3.05) is 0 Å². The van der Waals surface area contributed by atoms with Crippen LogP contribution >= 0.6 is 0 Å². The van der Waals surface area contributed by atoms with Crippen molar-refractivity contribution in [3.8, 4) is 0 Å². The Labute approximate surface area is 105 Å². The van der Waals surface area contributed by atoms with Crippen molar-refractivity contribution in [2.45, 2.75) is 0 Å². The van der Waals surface area contributed by atoms with Gasteiger partial charge < -0.3 is 43.2 Å². The van der Waals surface area contributed by atoms with Crippen LogP contribution < -0.4 is 0 Å². The van der Waals surface area contributed by atoms with Crippen molar-refractivity contribution in [2.24, 2.45) is 0 Å². The van der Waals surface area contributed by atoms with Gasteiger partial charge in [-0.1, -0.05) is 0 Å². The number of hydrogen-bond acceptors (Lipinski definition) is 9. The van der Waals surface area contributed by atoms with Crippen molar-refractivity contribution in [1.82, 2.24) is 0 Å². The molecule has 0 fully saturated rings. The molecule has 0 saturated carbocycles. The number of rotatable bonds is 0.